The Morgan fingerprint density at radius 2 is 2.32 bits per heavy atom. The van der Waals surface area contributed by atoms with Gasteiger partial charge < -0.3 is 15.2 Å². The van der Waals surface area contributed by atoms with Crippen molar-refractivity contribution in [3.63, 3.8) is 0 Å². The smallest absolute Gasteiger partial charge is 0.328 e. The summed E-state index contributed by atoms with van der Waals surface area (Å²) in [7, 11) is 1.27. The predicted molar refractivity (Wildman–Crippen MR) is 65.0 cm³/mol. The molecule has 1 atom stereocenters. The van der Waals surface area contributed by atoms with Gasteiger partial charge in [-0.05, 0) is 0 Å². The molecule has 7 nitrogen and oxygen atoms in total. The van der Waals surface area contributed by atoms with Crippen molar-refractivity contribution < 1.29 is 24.0 Å². The minimum atomic E-state index is -1.29. The van der Waals surface area contributed by atoms with E-state index in [1.807, 2.05) is 0 Å². The Kier molecular flexibility index (Phi) is 5.02. The molecule has 0 radical (unpaired) electrons. The lowest BCUT2D eigenvalue weighted by Gasteiger charge is -2.15. The molecule has 19 heavy (non-hydrogen) atoms. The molecule has 0 saturated carbocycles. The van der Waals surface area contributed by atoms with Gasteiger partial charge in [0.25, 0.3) is 5.69 Å². The lowest BCUT2D eigenvalue weighted by Crippen LogP contribution is -2.33. The van der Waals surface area contributed by atoms with Crippen LogP contribution in [0.3, 0.4) is 0 Å². The average Bonchev–Trinajstić information content (AvgIpc) is 2.32. The van der Waals surface area contributed by atoms with Crippen molar-refractivity contribution in [1.29, 1.82) is 0 Å². The summed E-state index contributed by atoms with van der Waals surface area (Å²) in [5, 5.41) is 21.6. The fourth-order valence-electron chi connectivity index (χ4n) is 1.33. The number of methoxy groups -OCH3 is 1. The van der Waals surface area contributed by atoms with Crippen LogP contribution in [-0.4, -0.2) is 35.8 Å². The number of nitrogens with one attached hydrogen (secondary N) is 1. The number of benzene rings is 1. The van der Waals surface area contributed by atoms with Crippen molar-refractivity contribution in [1.82, 2.24) is 0 Å². The molecule has 9 heteroatoms. The molecule has 0 spiro atoms. The van der Waals surface area contributed by atoms with E-state index in [9.17, 15) is 19.3 Å². The molecule has 0 aliphatic carbocycles. The molecule has 1 unspecified atom stereocenters. The fourth-order valence-corrected chi connectivity index (χ4v) is 1.49. The maximum atomic E-state index is 13.3. The molecule has 0 aromatic heterocycles. The Bertz CT molecular complexity index is 511. The van der Waals surface area contributed by atoms with Crippen molar-refractivity contribution in [2.45, 2.75) is 6.04 Å². The van der Waals surface area contributed by atoms with E-state index in [-0.39, 0.29) is 12.3 Å². The Morgan fingerprint density at radius 1 is 1.68 bits per heavy atom. The van der Waals surface area contributed by atoms with Crippen molar-refractivity contribution >= 4 is 28.9 Å². The highest BCUT2D eigenvalue weighted by atomic mass is 35.5. The quantitative estimate of drug-likeness (QED) is 0.613. The van der Waals surface area contributed by atoms with Gasteiger partial charge in [-0.25, -0.2) is 9.18 Å². The number of hydrogen-bond acceptors (Lipinski definition) is 5. The topological polar surface area (TPSA) is 102 Å². The second kappa shape index (κ2) is 6.30. The molecule has 1 rings (SSSR count). The number of carboxylic acid groups (broad SMARTS) is 1. The van der Waals surface area contributed by atoms with Crippen LogP contribution in [0, 0.1) is 15.9 Å². The lowest BCUT2D eigenvalue weighted by molar-refractivity contribution is -0.384. The summed E-state index contributed by atoms with van der Waals surface area (Å²) in [5.41, 5.74) is -0.801. The van der Waals surface area contributed by atoms with Crippen LogP contribution in [0.25, 0.3) is 0 Å². The second-order valence-corrected chi connectivity index (χ2v) is 3.94. The number of nitro benzene ring substituents is 1. The highest BCUT2D eigenvalue weighted by Gasteiger charge is 2.23. The first-order valence-electron chi connectivity index (χ1n) is 4.98. The van der Waals surface area contributed by atoms with Gasteiger partial charge in [0.05, 0.1) is 16.6 Å². The fraction of sp³-hybridized carbons (Fsp3) is 0.300. The largest absolute Gasteiger partial charge is 0.480 e. The number of halogens is 2. The maximum absolute atomic E-state index is 13.3. The van der Waals surface area contributed by atoms with Gasteiger partial charge in [-0.2, -0.15) is 0 Å². The van der Waals surface area contributed by atoms with Crippen molar-refractivity contribution in [3.05, 3.63) is 33.1 Å². The van der Waals surface area contributed by atoms with Gasteiger partial charge >= 0.3 is 5.97 Å². The summed E-state index contributed by atoms with van der Waals surface area (Å²) in [6.45, 7) is -0.239. The van der Waals surface area contributed by atoms with Gasteiger partial charge in [-0.15, -0.1) is 0 Å². The monoisotopic (exact) mass is 292 g/mol. The molecule has 0 aliphatic heterocycles. The Labute approximate surface area is 112 Å². The highest BCUT2D eigenvalue weighted by Crippen LogP contribution is 2.30. The molecule has 0 aliphatic rings. The van der Waals surface area contributed by atoms with Crippen LogP contribution in [0.2, 0.25) is 5.02 Å². The first kappa shape index (κ1) is 15.1. The second-order valence-electron chi connectivity index (χ2n) is 3.53. The zero-order valence-corrected chi connectivity index (χ0v) is 10.5. The number of rotatable bonds is 6. The van der Waals surface area contributed by atoms with Gasteiger partial charge in [0.1, 0.15) is 17.5 Å². The number of nitrogens with zero attached hydrogens (tertiary/aromatic N) is 1. The first-order chi connectivity index (χ1) is 8.86. The van der Waals surface area contributed by atoms with Crippen molar-refractivity contribution in [2.24, 2.45) is 0 Å². The van der Waals surface area contributed by atoms with Crippen LogP contribution >= 0.6 is 11.6 Å². The molecule has 0 fully saturated rings. The third kappa shape index (κ3) is 3.76. The number of hydrogen-bond donors (Lipinski definition) is 2. The van der Waals surface area contributed by atoms with Gasteiger partial charge in [0.2, 0.25) is 0 Å². The summed E-state index contributed by atoms with van der Waals surface area (Å²) < 4.78 is 17.9. The minimum Gasteiger partial charge on any atom is -0.480 e. The Hall–Kier alpha value is -1.93. The van der Waals surface area contributed by atoms with E-state index >= 15 is 0 Å². The van der Waals surface area contributed by atoms with Crippen LogP contribution in [0.15, 0.2) is 12.1 Å². The summed E-state index contributed by atoms with van der Waals surface area (Å²) in [4.78, 5) is 20.9. The number of carbonyl (C=O) groups is 1. The molecule has 104 valence electrons. The van der Waals surface area contributed by atoms with Gasteiger partial charge in [-0.1, -0.05) is 11.6 Å². The molecular weight excluding hydrogens is 283 g/mol. The maximum Gasteiger partial charge on any atom is 0.328 e. The average molecular weight is 293 g/mol. The van der Waals surface area contributed by atoms with E-state index in [4.69, 9.17) is 16.7 Å². The van der Waals surface area contributed by atoms with Gasteiger partial charge in [0, 0.05) is 19.2 Å². The number of ether oxygens (including phenoxy) is 1. The van der Waals surface area contributed by atoms with Crippen LogP contribution in [0.4, 0.5) is 15.8 Å². The van der Waals surface area contributed by atoms with Gasteiger partial charge in [-0.3, -0.25) is 10.1 Å². The molecule has 0 amide bonds. The molecule has 0 bridgehead atoms. The zero-order valence-electron chi connectivity index (χ0n) is 9.72. The van der Waals surface area contributed by atoms with E-state index in [1.165, 1.54) is 7.11 Å². The molecule has 1 aromatic carbocycles. The van der Waals surface area contributed by atoms with Crippen molar-refractivity contribution in [3.8, 4) is 0 Å². The lowest BCUT2D eigenvalue weighted by atomic mass is 10.2. The first-order valence-corrected chi connectivity index (χ1v) is 5.36. The van der Waals surface area contributed by atoms with E-state index < -0.39 is 33.5 Å². The third-order valence-corrected chi connectivity index (χ3v) is 2.49. The zero-order chi connectivity index (χ0) is 14.6. The SMILES string of the molecule is COCC(Nc1cc(F)c(Cl)cc1[N+](=O)[O-])C(=O)O. The molecular formula is C10H10ClFN2O5. The number of carboxylic acids is 1. The van der Waals surface area contributed by atoms with Gasteiger partial charge in [0.15, 0.2) is 0 Å². The number of nitro groups is 1. The normalized spacial score (nSPS) is 11.9. The standard InChI is InChI=1S/C10H10ClFN2O5/c1-19-4-8(10(15)16)13-7-3-6(12)5(11)2-9(7)14(17)18/h2-3,8,13H,4H2,1H3,(H,15,16). The third-order valence-electron chi connectivity index (χ3n) is 2.20. The molecule has 0 heterocycles. The summed E-state index contributed by atoms with van der Waals surface area (Å²) >= 11 is 5.44. The van der Waals surface area contributed by atoms with Crippen molar-refractivity contribution in [2.75, 3.05) is 19.0 Å². The summed E-state index contributed by atoms with van der Waals surface area (Å²) in [6, 6.07) is 0.334. The highest BCUT2D eigenvalue weighted by molar-refractivity contribution is 6.31. The van der Waals surface area contributed by atoms with E-state index in [1.54, 1.807) is 0 Å². The van der Waals surface area contributed by atoms with Crippen LogP contribution in [0.5, 0.6) is 0 Å². The molecule has 2 N–H and O–H groups in total. The van der Waals surface area contributed by atoms with Crippen LogP contribution < -0.4 is 5.32 Å². The van der Waals surface area contributed by atoms with Crippen LogP contribution in [-0.2, 0) is 9.53 Å². The Morgan fingerprint density at radius 3 is 2.79 bits per heavy atom. The van der Waals surface area contributed by atoms with E-state index in [2.05, 4.69) is 10.1 Å². The molecule has 1 aromatic rings. The summed E-state index contributed by atoms with van der Waals surface area (Å²) in [5.74, 6) is -2.18. The predicted octanol–water partition coefficient (Wildman–Crippen LogP) is 1.90. The minimum absolute atomic E-state index is 0.239. The summed E-state index contributed by atoms with van der Waals surface area (Å²) in [6.07, 6.45) is 0. The molecule has 0 saturated heterocycles. The van der Waals surface area contributed by atoms with E-state index in [0.29, 0.717) is 0 Å². The number of anilines is 1. The number of aliphatic carboxylic acids is 1. The van der Waals surface area contributed by atoms with E-state index in [0.717, 1.165) is 12.1 Å². The Balaban J connectivity index is 3.14. The van der Waals surface area contributed by atoms with Crippen LogP contribution in [0.1, 0.15) is 0 Å².